The van der Waals surface area contributed by atoms with Gasteiger partial charge in [-0.25, -0.2) is 0 Å². The molecule has 0 atom stereocenters. The van der Waals surface area contributed by atoms with Crippen molar-refractivity contribution >= 4 is 54.1 Å². The van der Waals surface area contributed by atoms with E-state index in [0.717, 1.165) is 0 Å². The van der Waals surface area contributed by atoms with Crippen molar-refractivity contribution in [3.63, 3.8) is 0 Å². The van der Waals surface area contributed by atoms with Gasteiger partial charge in [-0.2, -0.15) is 0 Å². The van der Waals surface area contributed by atoms with E-state index in [0.29, 0.717) is 0 Å². The summed E-state index contributed by atoms with van der Waals surface area (Å²) in [4.78, 5) is 0. The molecule has 206 valence electrons. The highest BCUT2D eigenvalue weighted by Crippen LogP contribution is 2.58. The second-order valence-corrected chi connectivity index (χ2v) is 13.4. The highest BCUT2D eigenvalue weighted by molar-refractivity contribution is 6.20. The van der Waals surface area contributed by atoms with Gasteiger partial charge < -0.3 is 4.57 Å². The maximum Gasteiger partial charge on any atom is 0.0543 e. The summed E-state index contributed by atoms with van der Waals surface area (Å²) >= 11 is 0. The number of hydrogen-bond acceptors (Lipinski definition) is 0. The Kier molecular flexibility index (Phi) is 4.80. The fourth-order valence-corrected chi connectivity index (χ4v) is 8.13. The van der Waals surface area contributed by atoms with Crippen molar-refractivity contribution in [2.45, 2.75) is 38.5 Å². The lowest BCUT2D eigenvalue weighted by Crippen LogP contribution is -2.44. The van der Waals surface area contributed by atoms with Crippen LogP contribution in [0.4, 0.5) is 0 Å². The molecule has 0 fully saturated rings. The highest BCUT2D eigenvalue weighted by atomic mass is 15.0. The van der Waals surface area contributed by atoms with Gasteiger partial charge in [-0.15, -0.1) is 0 Å². The van der Waals surface area contributed by atoms with Crippen LogP contribution in [-0.4, -0.2) is 4.57 Å². The van der Waals surface area contributed by atoms with Crippen LogP contribution in [0.2, 0.25) is 0 Å². The topological polar surface area (TPSA) is 4.93 Å². The third-order valence-electron chi connectivity index (χ3n) is 10.9. The summed E-state index contributed by atoms with van der Waals surface area (Å²) < 4.78 is 2.50. The number of fused-ring (bicyclic) bond motifs is 12. The Hall–Kier alpha value is -4.88. The predicted octanol–water partition coefficient (Wildman–Crippen LogP) is 11.5. The van der Waals surface area contributed by atoms with Crippen molar-refractivity contribution in [2.24, 2.45) is 0 Å². The lowest BCUT2D eigenvalue weighted by molar-refractivity contribution is 0.301. The van der Waals surface area contributed by atoms with Gasteiger partial charge in [0.1, 0.15) is 0 Å². The minimum Gasteiger partial charge on any atom is -0.309 e. The highest BCUT2D eigenvalue weighted by Gasteiger charge is 2.47. The summed E-state index contributed by atoms with van der Waals surface area (Å²) in [5, 5.41) is 10.6. The largest absolute Gasteiger partial charge is 0.309 e. The minimum absolute atomic E-state index is 0.114. The monoisotopic (exact) mass is 551 g/mol. The Morgan fingerprint density at radius 2 is 1.05 bits per heavy atom. The molecule has 43 heavy (non-hydrogen) atoms. The molecule has 9 rings (SSSR count). The molecule has 7 aromatic carbocycles. The Morgan fingerprint density at radius 1 is 0.442 bits per heavy atom. The molecule has 0 saturated heterocycles. The van der Waals surface area contributed by atoms with Crippen LogP contribution < -0.4 is 0 Å². The second kappa shape index (κ2) is 8.36. The molecule has 0 amide bonds. The van der Waals surface area contributed by atoms with E-state index in [-0.39, 0.29) is 10.8 Å². The maximum absolute atomic E-state index is 2.50. The molecule has 0 unspecified atom stereocenters. The first-order valence-electron chi connectivity index (χ1n) is 15.4. The first kappa shape index (κ1) is 24.7. The average Bonchev–Trinajstić information content (AvgIpc) is 3.37. The molecule has 0 radical (unpaired) electrons. The van der Waals surface area contributed by atoms with Gasteiger partial charge in [-0.3, -0.25) is 0 Å². The minimum atomic E-state index is -0.117. The zero-order chi connectivity index (χ0) is 29.1. The van der Waals surface area contributed by atoms with Crippen molar-refractivity contribution in [1.82, 2.24) is 4.57 Å². The summed E-state index contributed by atoms with van der Waals surface area (Å²) in [6, 6.07) is 47.5. The molecule has 8 aromatic rings. The second-order valence-electron chi connectivity index (χ2n) is 13.4. The molecular formula is C42H33N. The molecular weight excluding hydrogens is 518 g/mol. The molecule has 1 heteroatoms. The number of hydrogen-bond donors (Lipinski definition) is 0. The molecule has 1 nitrogen and oxygen atoms in total. The predicted molar refractivity (Wildman–Crippen MR) is 185 cm³/mol. The Morgan fingerprint density at radius 3 is 1.79 bits per heavy atom. The van der Waals surface area contributed by atoms with Crippen molar-refractivity contribution in [2.75, 3.05) is 0 Å². The van der Waals surface area contributed by atoms with E-state index in [2.05, 4.69) is 160 Å². The van der Waals surface area contributed by atoms with E-state index >= 15 is 0 Å². The molecule has 0 bridgehead atoms. The normalized spacial score (nSPS) is 15.3. The van der Waals surface area contributed by atoms with Crippen LogP contribution in [0.25, 0.3) is 70.9 Å². The third-order valence-corrected chi connectivity index (χ3v) is 10.9. The van der Waals surface area contributed by atoms with Gasteiger partial charge in [0.2, 0.25) is 0 Å². The summed E-state index contributed by atoms with van der Waals surface area (Å²) in [6.07, 6.45) is 0. The van der Waals surface area contributed by atoms with Crippen molar-refractivity contribution in [3.05, 3.63) is 139 Å². The van der Waals surface area contributed by atoms with Crippen LogP contribution >= 0.6 is 0 Å². The Bertz CT molecular complexity index is 2400. The third kappa shape index (κ3) is 3.07. The molecule has 1 aliphatic rings. The maximum atomic E-state index is 2.50. The van der Waals surface area contributed by atoms with E-state index in [1.165, 1.54) is 82.1 Å². The molecule has 0 N–H and O–H groups in total. The van der Waals surface area contributed by atoms with E-state index < -0.39 is 0 Å². The summed E-state index contributed by atoms with van der Waals surface area (Å²) in [6.45, 7) is 9.82. The van der Waals surface area contributed by atoms with Gasteiger partial charge in [0.15, 0.2) is 0 Å². The molecule has 0 aliphatic heterocycles. The van der Waals surface area contributed by atoms with Crippen LogP contribution in [0.1, 0.15) is 38.8 Å². The van der Waals surface area contributed by atoms with E-state index in [1.807, 2.05) is 0 Å². The number of aromatic nitrogens is 1. The Labute approximate surface area is 252 Å². The molecule has 1 aromatic heterocycles. The smallest absolute Gasteiger partial charge is 0.0543 e. The first-order chi connectivity index (χ1) is 20.9. The molecule has 1 heterocycles. The molecule has 0 spiro atoms. The quantitative estimate of drug-likeness (QED) is 0.179. The zero-order valence-corrected chi connectivity index (χ0v) is 25.1. The Balaban J connectivity index is 1.48. The van der Waals surface area contributed by atoms with Gasteiger partial charge in [-0.05, 0) is 72.6 Å². The number of benzene rings is 7. The lowest BCUT2D eigenvalue weighted by atomic mass is 9.54. The number of para-hydroxylation sites is 2. The van der Waals surface area contributed by atoms with Crippen LogP contribution in [0, 0.1) is 0 Å². The van der Waals surface area contributed by atoms with Gasteiger partial charge in [-0.1, -0.05) is 137 Å². The van der Waals surface area contributed by atoms with Crippen LogP contribution in [0.3, 0.4) is 0 Å². The van der Waals surface area contributed by atoms with Crippen LogP contribution in [0.15, 0.2) is 127 Å². The number of nitrogens with zero attached hydrogens (tertiary/aromatic N) is 1. The molecule has 1 aliphatic carbocycles. The lowest BCUT2D eigenvalue weighted by Gasteiger charge is -2.49. The fraction of sp³-hybridized carbons (Fsp3) is 0.143. The van der Waals surface area contributed by atoms with Gasteiger partial charge in [0, 0.05) is 21.8 Å². The summed E-state index contributed by atoms with van der Waals surface area (Å²) in [7, 11) is 0. The average molecular weight is 552 g/mol. The SMILES string of the molecule is CC1(C)c2cccc(-n3c4ccccc4c4ccccc43)c2-c2ccc3ccc4c5ccccc5ccc4c3c2C1(C)C. The van der Waals surface area contributed by atoms with Crippen LogP contribution in [0.5, 0.6) is 0 Å². The first-order valence-corrected chi connectivity index (χ1v) is 15.4. The van der Waals surface area contributed by atoms with Gasteiger partial charge >= 0.3 is 0 Å². The van der Waals surface area contributed by atoms with Crippen molar-refractivity contribution < 1.29 is 0 Å². The van der Waals surface area contributed by atoms with Crippen molar-refractivity contribution in [1.29, 1.82) is 0 Å². The van der Waals surface area contributed by atoms with Crippen molar-refractivity contribution in [3.8, 4) is 16.8 Å². The fourth-order valence-electron chi connectivity index (χ4n) is 8.13. The van der Waals surface area contributed by atoms with E-state index in [4.69, 9.17) is 0 Å². The summed E-state index contributed by atoms with van der Waals surface area (Å²) in [5.74, 6) is 0. The number of rotatable bonds is 1. The van der Waals surface area contributed by atoms with E-state index in [1.54, 1.807) is 0 Å². The van der Waals surface area contributed by atoms with Gasteiger partial charge in [0.25, 0.3) is 0 Å². The van der Waals surface area contributed by atoms with Crippen LogP contribution in [-0.2, 0) is 10.8 Å². The van der Waals surface area contributed by atoms with E-state index in [9.17, 15) is 0 Å². The summed E-state index contributed by atoms with van der Waals surface area (Å²) in [5.41, 5.74) is 9.10. The standard InChI is InChI=1S/C42H33N/c1-41(2)34-16-11-19-37(43-35-17-9-7-14-30(35)31-15-8-10-18-36(31)43)39(34)33-25-22-27-21-23-29-28-13-6-5-12-26(28)20-24-32(29)38(27)40(33)42(41,3)4/h5-25H,1-4H3. The van der Waals surface area contributed by atoms with Gasteiger partial charge in [0.05, 0.1) is 16.7 Å². The zero-order valence-electron chi connectivity index (χ0n) is 25.1. The molecule has 0 saturated carbocycles.